The Bertz CT molecular complexity index is 1040. The predicted octanol–water partition coefficient (Wildman–Crippen LogP) is 6.59. The number of hydrogen-bond acceptors (Lipinski definition) is 4. The van der Waals surface area contributed by atoms with Gasteiger partial charge in [0.25, 0.3) is 0 Å². The minimum atomic E-state index is -4.65. The lowest BCUT2D eigenvalue weighted by Crippen LogP contribution is -2.23. The fourth-order valence-corrected chi connectivity index (χ4v) is 3.77. The molecule has 1 atom stereocenters. The van der Waals surface area contributed by atoms with Crippen LogP contribution in [0.5, 0.6) is 0 Å². The van der Waals surface area contributed by atoms with E-state index in [0.717, 1.165) is 17.8 Å². The number of amides is 1. The van der Waals surface area contributed by atoms with Crippen LogP contribution in [0, 0.1) is 0 Å². The molecule has 0 spiro atoms. The van der Waals surface area contributed by atoms with Crippen LogP contribution >= 0.6 is 35.0 Å². The Kier molecular flexibility index (Phi) is 6.90. The summed E-state index contributed by atoms with van der Waals surface area (Å²) in [4.78, 5) is 20.3. The van der Waals surface area contributed by atoms with Gasteiger partial charge in [0.1, 0.15) is 5.69 Å². The third-order valence-corrected chi connectivity index (χ3v) is 5.24. The van der Waals surface area contributed by atoms with Crippen LogP contribution in [0.1, 0.15) is 12.6 Å². The van der Waals surface area contributed by atoms with Gasteiger partial charge in [0, 0.05) is 21.3 Å². The van der Waals surface area contributed by atoms with E-state index in [1.807, 2.05) is 0 Å². The normalized spacial score (nSPS) is 12.5. The number of carbonyl (C=O) groups excluding carboxylic acids is 1. The number of hydrogen-bond donors (Lipinski definition) is 1. The van der Waals surface area contributed by atoms with Crippen molar-refractivity contribution in [3.05, 3.63) is 70.3 Å². The Labute approximate surface area is 184 Å². The van der Waals surface area contributed by atoms with Crippen molar-refractivity contribution in [2.45, 2.75) is 23.5 Å². The van der Waals surface area contributed by atoms with Gasteiger partial charge in [-0.25, -0.2) is 9.97 Å². The maximum Gasteiger partial charge on any atom is 0.433 e. The van der Waals surface area contributed by atoms with E-state index < -0.39 is 23.0 Å². The molecule has 0 saturated heterocycles. The number of aromatic nitrogens is 2. The molecule has 1 N–H and O–H groups in total. The molecular weight excluding hydrogens is 458 g/mol. The highest BCUT2D eigenvalue weighted by molar-refractivity contribution is 8.00. The zero-order chi connectivity index (χ0) is 21.9. The van der Waals surface area contributed by atoms with E-state index in [9.17, 15) is 18.0 Å². The third kappa shape index (κ3) is 5.87. The van der Waals surface area contributed by atoms with Gasteiger partial charge in [-0.05, 0) is 31.2 Å². The van der Waals surface area contributed by atoms with Crippen molar-refractivity contribution < 1.29 is 18.0 Å². The molecule has 0 bridgehead atoms. The van der Waals surface area contributed by atoms with Gasteiger partial charge in [-0.15, -0.1) is 0 Å². The number of thioether (sulfide) groups is 1. The summed E-state index contributed by atoms with van der Waals surface area (Å²) in [6, 6.07) is 13.9. The van der Waals surface area contributed by atoms with E-state index in [4.69, 9.17) is 23.2 Å². The van der Waals surface area contributed by atoms with Crippen LogP contribution in [0.3, 0.4) is 0 Å². The van der Waals surface area contributed by atoms with Gasteiger partial charge >= 0.3 is 6.18 Å². The van der Waals surface area contributed by atoms with Gasteiger partial charge in [-0.3, -0.25) is 4.79 Å². The van der Waals surface area contributed by atoms with E-state index in [2.05, 4.69) is 15.3 Å². The first kappa shape index (κ1) is 22.4. The summed E-state index contributed by atoms with van der Waals surface area (Å²) in [6.45, 7) is 1.54. The summed E-state index contributed by atoms with van der Waals surface area (Å²) in [5.41, 5.74) is -0.0689. The Morgan fingerprint density at radius 1 is 1.03 bits per heavy atom. The summed E-state index contributed by atoms with van der Waals surface area (Å²) in [5.74, 6) is -0.458. The third-order valence-electron chi connectivity index (χ3n) is 3.85. The van der Waals surface area contributed by atoms with E-state index in [0.29, 0.717) is 21.3 Å². The maximum absolute atomic E-state index is 13.3. The second-order valence-electron chi connectivity index (χ2n) is 6.19. The second kappa shape index (κ2) is 9.24. The SMILES string of the molecule is CC(Sc1nc(-c2ccccc2)cc(C(F)(F)F)n1)C(=O)Nc1cc(Cl)cc(Cl)c1. The van der Waals surface area contributed by atoms with Crippen molar-refractivity contribution in [2.24, 2.45) is 0 Å². The van der Waals surface area contributed by atoms with Crippen molar-refractivity contribution >= 4 is 46.6 Å². The number of nitrogens with zero attached hydrogens (tertiary/aromatic N) is 2. The molecule has 3 rings (SSSR count). The van der Waals surface area contributed by atoms with Crippen molar-refractivity contribution in [2.75, 3.05) is 5.32 Å². The average molecular weight is 472 g/mol. The van der Waals surface area contributed by atoms with Crippen LogP contribution in [0.15, 0.2) is 59.8 Å². The van der Waals surface area contributed by atoms with E-state index in [1.54, 1.807) is 30.3 Å². The number of rotatable bonds is 5. The summed E-state index contributed by atoms with van der Waals surface area (Å²) in [7, 11) is 0. The van der Waals surface area contributed by atoms with Crippen LogP contribution in [0.4, 0.5) is 18.9 Å². The molecule has 30 heavy (non-hydrogen) atoms. The predicted molar refractivity (Wildman–Crippen MR) is 113 cm³/mol. The first-order valence-corrected chi connectivity index (χ1v) is 10.2. The van der Waals surface area contributed by atoms with Crippen LogP contribution in [0.2, 0.25) is 10.0 Å². The fourth-order valence-electron chi connectivity index (χ4n) is 2.46. The van der Waals surface area contributed by atoms with Gasteiger partial charge < -0.3 is 5.32 Å². The molecular formula is C20H14Cl2F3N3OS. The first-order valence-electron chi connectivity index (χ1n) is 8.57. The Balaban J connectivity index is 1.84. The molecule has 1 heterocycles. The van der Waals surface area contributed by atoms with E-state index >= 15 is 0 Å². The molecule has 0 fully saturated rings. The largest absolute Gasteiger partial charge is 0.433 e. The molecule has 0 saturated carbocycles. The number of nitrogens with one attached hydrogen (secondary N) is 1. The molecule has 2 aromatic carbocycles. The molecule has 0 aliphatic carbocycles. The van der Waals surface area contributed by atoms with Crippen molar-refractivity contribution in [3.8, 4) is 11.3 Å². The molecule has 4 nitrogen and oxygen atoms in total. The van der Waals surface area contributed by atoms with Gasteiger partial charge in [0.15, 0.2) is 5.16 Å². The van der Waals surface area contributed by atoms with Crippen molar-refractivity contribution in [1.29, 1.82) is 0 Å². The number of alkyl halides is 3. The number of benzene rings is 2. The summed E-state index contributed by atoms with van der Waals surface area (Å²) in [6.07, 6.45) is -4.65. The quantitative estimate of drug-likeness (QED) is 0.336. The van der Waals surface area contributed by atoms with Gasteiger partial charge in [-0.2, -0.15) is 13.2 Å². The van der Waals surface area contributed by atoms with Gasteiger partial charge in [-0.1, -0.05) is 65.3 Å². The highest BCUT2D eigenvalue weighted by atomic mass is 35.5. The lowest BCUT2D eigenvalue weighted by molar-refractivity contribution is -0.141. The van der Waals surface area contributed by atoms with E-state index in [1.165, 1.54) is 25.1 Å². The summed E-state index contributed by atoms with van der Waals surface area (Å²) in [5, 5.41) is 2.37. The molecule has 0 aliphatic heterocycles. The van der Waals surface area contributed by atoms with Crippen molar-refractivity contribution in [1.82, 2.24) is 9.97 Å². The van der Waals surface area contributed by atoms with Crippen LogP contribution in [-0.4, -0.2) is 21.1 Å². The minimum Gasteiger partial charge on any atom is -0.325 e. The summed E-state index contributed by atoms with van der Waals surface area (Å²) < 4.78 is 40.0. The minimum absolute atomic E-state index is 0.120. The Morgan fingerprint density at radius 3 is 2.27 bits per heavy atom. The summed E-state index contributed by atoms with van der Waals surface area (Å²) >= 11 is 12.6. The first-order chi connectivity index (χ1) is 14.1. The second-order valence-corrected chi connectivity index (χ2v) is 8.37. The fraction of sp³-hybridized carbons (Fsp3) is 0.150. The molecule has 10 heteroatoms. The van der Waals surface area contributed by atoms with Crippen LogP contribution in [-0.2, 0) is 11.0 Å². The lowest BCUT2D eigenvalue weighted by Gasteiger charge is -2.14. The highest BCUT2D eigenvalue weighted by Crippen LogP contribution is 2.33. The molecule has 156 valence electrons. The molecule has 0 aliphatic rings. The lowest BCUT2D eigenvalue weighted by atomic mass is 10.1. The number of carbonyl (C=O) groups is 1. The van der Waals surface area contributed by atoms with E-state index in [-0.39, 0.29) is 10.9 Å². The van der Waals surface area contributed by atoms with Crippen molar-refractivity contribution in [3.63, 3.8) is 0 Å². The average Bonchev–Trinajstić information content (AvgIpc) is 2.67. The highest BCUT2D eigenvalue weighted by Gasteiger charge is 2.34. The van der Waals surface area contributed by atoms with Gasteiger partial charge in [0.2, 0.25) is 5.91 Å². The number of anilines is 1. The Morgan fingerprint density at radius 2 is 1.67 bits per heavy atom. The standard InChI is InChI=1S/C20H14Cl2F3N3OS/c1-11(18(29)26-15-8-13(21)7-14(22)9-15)30-19-27-16(12-5-3-2-4-6-12)10-17(28-19)20(23,24)25/h2-11H,1H3,(H,26,29). The van der Waals surface area contributed by atoms with Crippen LogP contribution < -0.4 is 5.32 Å². The molecule has 3 aromatic rings. The smallest absolute Gasteiger partial charge is 0.325 e. The molecule has 1 aromatic heterocycles. The maximum atomic E-state index is 13.3. The molecule has 1 unspecified atom stereocenters. The van der Waals surface area contributed by atoms with Gasteiger partial charge in [0.05, 0.1) is 10.9 Å². The topological polar surface area (TPSA) is 54.9 Å². The monoisotopic (exact) mass is 471 g/mol. The zero-order valence-electron chi connectivity index (χ0n) is 15.4. The Hall–Kier alpha value is -2.29. The molecule has 1 amide bonds. The van der Waals surface area contributed by atoms with Crippen LogP contribution in [0.25, 0.3) is 11.3 Å². The number of halogens is 5. The molecule has 0 radical (unpaired) electrons. The zero-order valence-corrected chi connectivity index (χ0v) is 17.7.